The van der Waals surface area contributed by atoms with Gasteiger partial charge in [-0.3, -0.25) is 18.2 Å². The van der Waals surface area contributed by atoms with Crippen molar-refractivity contribution in [3.05, 3.63) is 87.8 Å². The Hall–Kier alpha value is -3.56. The number of aryl methyl sites for hydroxylation is 3. The van der Waals surface area contributed by atoms with Gasteiger partial charge in [0.1, 0.15) is 6.54 Å². The number of amides is 1. The van der Waals surface area contributed by atoms with E-state index in [1.165, 1.54) is 27.3 Å². The van der Waals surface area contributed by atoms with Crippen LogP contribution in [0.3, 0.4) is 0 Å². The molecule has 0 unspecified atom stereocenters. The molecular weight excluding hydrogens is 476 g/mol. The van der Waals surface area contributed by atoms with Crippen molar-refractivity contribution in [2.75, 3.05) is 16.2 Å². The normalized spacial score (nSPS) is 11.5. The Morgan fingerprint density at radius 2 is 1.65 bits per heavy atom. The summed E-state index contributed by atoms with van der Waals surface area (Å²) in [6.07, 6.45) is 0. The standard InChI is InChI=1S/C24H23ClN4O4S/c1-16-9-11-18(14-20(16)25)29(34(32,33)19-7-5-4-6-8-19)15-23(30)26-17-10-12-21-22(13-17)28(3)24(31)27(21)2/h4-14H,15H2,1-3H3,(H,26,30). The van der Waals surface area contributed by atoms with Crippen molar-refractivity contribution in [2.24, 2.45) is 14.1 Å². The number of imidazole rings is 1. The summed E-state index contributed by atoms with van der Waals surface area (Å²) >= 11 is 6.25. The van der Waals surface area contributed by atoms with Crippen LogP contribution < -0.4 is 15.3 Å². The van der Waals surface area contributed by atoms with E-state index in [2.05, 4.69) is 5.32 Å². The number of carbonyl (C=O) groups excluding carboxylic acids is 1. The fraction of sp³-hybridized carbons (Fsp3) is 0.167. The fourth-order valence-electron chi connectivity index (χ4n) is 3.69. The molecule has 34 heavy (non-hydrogen) atoms. The van der Waals surface area contributed by atoms with Gasteiger partial charge >= 0.3 is 5.69 Å². The minimum absolute atomic E-state index is 0.0557. The average molecular weight is 499 g/mol. The van der Waals surface area contributed by atoms with Crippen LogP contribution in [0.1, 0.15) is 5.56 Å². The van der Waals surface area contributed by atoms with E-state index < -0.39 is 22.5 Å². The lowest BCUT2D eigenvalue weighted by molar-refractivity contribution is -0.114. The summed E-state index contributed by atoms with van der Waals surface area (Å²) in [5.41, 5.74) is 2.68. The van der Waals surface area contributed by atoms with Crippen LogP contribution >= 0.6 is 11.6 Å². The Bertz CT molecular complexity index is 1560. The van der Waals surface area contributed by atoms with Crippen LogP contribution in [-0.4, -0.2) is 30.0 Å². The maximum absolute atomic E-state index is 13.4. The van der Waals surface area contributed by atoms with Crippen LogP contribution in [0.5, 0.6) is 0 Å². The third-order valence-electron chi connectivity index (χ3n) is 5.62. The van der Waals surface area contributed by atoms with Crippen molar-refractivity contribution in [3.63, 3.8) is 0 Å². The second-order valence-electron chi connectivity index (χ2n) is 7.91. The first-order valence-electron chi connectivity index (χ1n) is 10.4. The zero-order valence-electron chi connectivity index (χ0n) is 18.8. The number of benzene rings is 3. The van der Waals surface area contributed by atoms with Gasteiger partial charge in [0.15, 0.2) is 0 Å². The minimum Gasteiger partial charge on any atom is -0.324 e. The lowest BCUT2D eigenvalue weighted by atomic mass is 10.2. The van der Waals surface area contributed by atoms with Crippen LogP contribution in [0.25, 0.3) is 11.0 Å². The number of carbonyl (C=O) groups is 1. The van der Waals surface area contributed by atoms with Gasteiger partial charge in [-0.15, -0.1) is 0 Å². The van der Waals surface area contributed by atoms with Crippen molar-refractivity contribution in [1.82, 2.24) is 9.13 Å². The first-order valence-corrected chi connectivity index (χ1v) is 12.2. The predicted molar refractivity (Wildman–Crippen MR) is 134 cm³/mol. The zero-order chi connectivity index (χ0) is 24.6. The maximum Gasteiger partial charge on any atom is 0.328 e. The second-order valence-corrected chi connectivity index (χ2v) is 10.2. The van der Waals surface area contributed by atoms with Crippen LogP contribution in [0.4, 0.5) is 11.4 Å². The molecule has 3 aromatic carbocycles. The Morgan fingerprint density at radius 1 is 0.971 bits per heavy atom. The first kappa shape index (κ1) is 23.6. The third-order valence-corrected chi connectivity index (χ3v) is 7.81. The number of hydrogen-bond donors (Lipinski definition) is 1. The molecule has 0 aliphatic heterocycles. The highest BCUT2D eigenvalue weighted by Crippen LogP contribution is 2.28. The summed E-state index contributed by atoms with van der Waals surface area (Å²) < 4.78 is 30.9. The molecule has 0 bridgehead atoms. The van der Waals surface area contributed by atoms with Crippen LogP contribution in [0, 0.1) is 6.92 Å². The second kappa shape index (κ2) is 9.00. The molecule has 4 rings (SSSR count). The Balaban J connectivity index is 1.68. The number of nitrogens with one attached hydrogen (secondary N) is 1. The van der Waals surface area contributed by atoms with E-state index in [0.717, 1.165) is 9.87 Å². The molecule has 0 fully saturated rings. The number of halogens is 1. The number of sulfonamides is 1. The van der Waals surface area contributed by atoms with Gasteiger partial charge in [0.05, 0.1) is 21.6 Å². The highest BCUT2D eigenvalue weighted by molar-refractivity contribution is 7.92. The van der Waals surface area contributed by atoms with Gasteiger partial charge < -0.3 is 5.32 Å². The number of fused-ring (bicyclic) bond motifs is 1. The zero-order valence-corrected chi connectivity index (χ0v) is 20.4. The number of nitrogens with zero attached hydrogens (tertiary/aromatic N) is 3. The quantitative estimate of drug-likeness (QED) is 0.439. The smallest absolute Gasteiger partial charge is 0.324 e. The summed E-state index contributed by atoms with van der Waals surface area (Å²) in [7, 11) is -0.737. The largest absolute Gasteiger partial charge is 0.328 e. The molecule has 0 aliphatic rings. The van der Waals surface area contributed by atoms with Crippen molar-refractivity contribution < 1.29 is 13.2 Å². The Labute approximate surface area is 202 Å². The number of rotatable bonds is 6. The van der Waals surface area contributed by atoms with Crippen molar-refractivity contribution >= 4 is 49.9 Å². The van der Waals surface area contributed by atoms with E-state index in [1.54, 1.807) is 62.6 Å². The molecule has 4 aromatic rings. The van der Waals surface area contributed by atoms with E-state index in [-0.39, 0.29) is 16.3 Å². The summed E-state index contributed by atoms with van der Waals surface area (Å²) in [4.78, 5) is 25.2. The molecule has 0 saturated carbocycles. The Kier molecular flexibility index (Phi) is 6.24. The summed E-state index contributed by atoms with van der Waals surface area (Å²) in [6, 6.07) is 17.8. The molecule has 0 spiro atoms. The molecule has 0 aliphatic carbocycles. The van der Waals surface area contributed by atoms with E-state index in [0.29, 0.717) is 21.7 Å². The molecular formula is C24H23ClN4O4S. The van der Waals surface area contributed by atoms with Gasteiger partial charge in [0.25, 0.3) is 10.0 Å². The molecule has 0 radical (unpaired) electrons. The fourth-order valence-corrected chi connectivity index (χ4v) is 5.30. The van der Waals surface area contributed by atoms with E-state index in [9.17, 15) is 18.0 Å². The molecule has 10 heteroatoms. The van der Waals surface area contributed by atoms with Gasteiger partial charge in [-0.05, 0) is 55.0 Å². The SMILES string of the molecule is Cc1ccc(N(CC(=O)Nc2ccc3c(c2)n(C)c(=O)n3C)S(=O)(=O)c2ccccc2)cc1Cl. The molecule has 0 atom stereocenters. The lowest BCUT2D eigenvalue weighted by Crippen LogP contribution is -2.38. The molecule has 8 nitrogen and oxygen atoms in total. The van der Waals surface area contributed by atoms with Crippen LogP contribution in [0.15, 0.2) is 76.4 Å². The molecule has 1 aromatic heterocycles. The minimum atomic E-state index is -4.05. The average Bonchev–Trinajstić information content (AvgIpc) is 3.03. The first-order chi connectivity index (χ1) is 16.1. The lowest BCUT2D eigenvalue weighted by Gasteiger charge is -2.24. The van der Waals surface area contributed by atoms with Crippen molar-refractivity contribution in [1.29, 1.82) is 0 Å². The van der Waals surface area contributed by atoms with Gasteiger partial charge in [0, 0.05) is 24.8 Å². The predicted octanol–water partition coefficient (Wildman–Crippen LogP) is 3.67. The molecule has 1 N–H and O–H groups in total. The van der Waals surface area contributed by atoms with Crippen molar-refractivity contribution in [2.45, 2.75) is 11.8 Å². The van der Waals surface area contributed by atoms with E-state index in [1.807, 2.05) is 6.92 Å². The number of hydrogen-bond acceptors (Lipinski definition) is 4. The van der Waals surface area contributed by atoms with Crippen LogP contribution in [0.2, 0.25) is 5.02 Å². The summed E-state index contributed by atoms with van der Waals surface area (Å²) in [5, 5.41) is 3.13. The van der Waals surface area contributed by atoms with E-state index in [4.69, 9.17) is 11.6 Å². The maximum atomic E-state index is 13.4. The van der Waals surface area contributed by atoms with Crippen molar-refractivity contribution in [3.8, 4) is 0 Å². The third kappa shape index (κ3) is 4.32. The van der Waals surface area contributed by atoms with E-state index >= 15 is 0 Å². The highest BCUT2D eigenvalue weighted by Gasteiger charge is 2.27. The molecule has 1 heterocycles. The monoisotopic (exact) mass is 498 g/mol. The van der Waals surface area contributed by atoms with Gasteiger partial charge in [-0.1, -0.05) is 35.9 Å². The molecule has 1 amide bonds. The Morgan fingerprint density at radius 3 is 2.32 bits per heavy atom. The molecule has 176 valence electrons. The topological polar surface area (TPSA) is 93.4 Å². The van der Waals surface area contributed by atoms with Gasteiger partial charge in [0.2, 0.25) is 5.91 Å². The van der Waals surface area contributed by atoms with Gasteiger partial charge in [-0.25, -0.2) is 13.2 Å². The van der Waals surface area contributed by atoms with Gasteiger partial charge in [-0.2, -0.15) is 0 Å². The summed E-state index contributed by atoms with van der Waals surface area (Å²) in [5.74, 6) is -0.545. The molecule has 0 saturated heterocycles. The highest BCUT2D eigenvalue weighted by atomic mass is 35.5. The number of anilines is 2. The van der Waals surface area contributed by atoms with Crippen LogP contribution in [-0.2, 0) is 28.9 Å². The number of aromatic nitrogens is 2. The summed E-state index contributed by atoms with van der Waals surface area (Å²) in [6.45, 7) is 1.34.